The summed E-state index contributed by atoms with van der Waals surface area (Å²) in [7, 11) is 0. The molecule has 0 aliphatic carbocycles. The molecule has 0 aliphatic heterocycles. The van der Waals surface area contributed by atoms with Crippen LogP contribution in [0.1, 0.15) is 25.8 Å². The van der Waals surface area contributed by atoms with Crippen LogP contribution in [0.15, 0.2) is 12.3 Å². The molecule has 0 aromatic carbocycles. The lowest BCUT2D eigenvalue weighted by Gasteiger charge is -2.06. The summed E-state index contributed by atoms with van der Waals surface area (Å²) >= 11 is 0. The summed E-state index contributed by atoms with van der Waals surface area (Å²) in [6.07, 6.45) is 2.57. The highest BCUT2D eigenvalue weighted by molar-refractivity contribution is 5.14. The van der Waals surface area contributed by atoms with Crippen LogP contribution in [0.4, 0.5) is 5.82 Å². The van der Waals surface area contributed by atoms with Gasteiger partial charge in [0, 0.05) is 0 Å². The van der Waals surface area contributed by atoms with Crippen molar-refractivity contribution in [1.29, 1.82) is 5.26 Å². The van der Waals surface area contributed by atoms with Gasteiger partial charge < -0.3 is 10.1 Å². The summed E-state index contributed by atoms with van der Waals surface area (Å²) in [5.74, 6) is -0.179. The zero-order chi connectivity index (χ0) is 10.6. The first-order valence-electron chi connectivity index (χ1n) is 4.25. The van der Waals surface area contributed by atoms with Crippen molar-refractivity contribution in [3.63, 3.8) is 0 Å². The van der Waals surface area contributed by atoms with Crippen molar-refractivity contribution in [2.75, 3.05) is 0 Å². The molecule has 14 heavy (non-hydrogen) atoms. The molecule has 0 saturated carbocycles. The number of rotatable bonds is 4. The number of hydrogen-bond donors (Lipinski definition) is 0. The van der Waals surface area contributed by atoms with Crippen molar-refractivity contribution in [3.05, 3.63) is 22.4 Å². The second kappa shape index (κ2) is 4.37. The Morgan fingerprint density at radius 1 is 1.86 bits per heavy atom. The van der Waals surface area contributed by atoms with Gasteiger partial charge >= 0.3 is 5.82 Å². The molecule has 0 amide bonds. The van der Waals surface area contributed by atoms with Gasteiger partial charge in [0.1, 0.15) is 0 Å². The summed E-state index contributed by atoms with van der Waals surface area (Å²) in [5.41, 5.74) is 0. The Morgan fingerprint density at radius 3 is 3.00 bits per heavy atom. The monoisotopic (exact) mass is 194 g/mol. The van der Waals surface area contributed by atoms with Gasteiger partial charge in [-0.1, -0.05) is 6.92 Å². The lowest BCUT2D eigenvalue weighted by molar-refractivity contribution is -0.389. The Balaban J connectivity index is 2.84. The van der Waals surface area contributed by atoms with Crippen molar-refractivity contribution in [3.8, 4) is 6.07 Å². The van der Waals surface area contributed by atoms with E-state index in [1.165, 1.54) is 16.9 Å². The molecule has 1 aromatic rings. The average Bonchev–Trinajstić information content (AvgIpc) is 2.63. The Labute approximate surface area is 80.9 Å². The molecule has 74 valence electrons. The Morgan fingerprint density at radius 2 is 2.57 bits per heavy atom. The smallest absolute Gasteiger partial charge is 0.358 e. The average molecular weight is 194 g/mol. The van der Waals surface area contributed by atoms with Crippen LogP contribution in [-0.2, 0) is 0 Å². The molecule has 1 unspecified atom stereocenters. The molecular weight excluding hydrogens is 184 g/mol. The Bertz CT molecular complexity index is 366. The van der Waals surface area contributed by atoms with Crippen molar-refractivity contribution < 1.29 is 4.92 Å². The van der Waals surface area contributed by atoms with Gasteiger partial charge in [0.05, 0.1) is 35.9 Å². The highest BCUT2D eigenvalue weighted by atomic mass is 16.6. The third kappa shape index (κ3) is 2.07. The summed E-state index contributed by atoms with van der Waals surface area (Å²) < 4.78 is 1.47. The van der Waals surface area contributed by atoms with Crippen molar-refractivity contribution >= 4 is 5.82 Å². The van der Waals surface area contributed by atoms with E-state index < -0.39 is 4.92 Å². The molecule has 1 aromatic heterocycles. The molecule has 1 rings (SSSR count). The molecule has 1 heterocycles. The molecule has 0 N–H and O–H groups in total. The molecule has 0 spiro atoms. The number of nitriles is 1. The van der Waals surface area contributed by atoms with Gasteiger partial charge in [-0.15, -0.1) is 0 Å². The zero-order valence-corrected chi connectivity index (χ0v) is 7.75. The van der Waals surface area contributed by atoms with Crippen LogP contribution in [0, 0.1) is 21.4 Å². The summed E-state index contributed by atoms with van der Waals surface area (Å²) in [5, 5.41) is 22.6. The first-order valence-corrected chi connectivity index (χ1v) is 4.25. The normalized spacial score (nSPS) is 12.0. The van der Waals surface area contributed by atoms with Crippen LogP contribution in [0.3, 0.4) is 0 Å². The highest BCUT2D eigenvalue weighted by Gasteiger charge is 2.16. The van der Waals surface area contributed by atoms with Gasteiger partial charge in [-0.2, -0.15) is 9.94 Å². The molecule has 6 heteroatoms. The van der Waals surface area contributed by atoms with Crippen molar-refractivity contribution in [2.45, 2.75) is 25.8 Å². The highest BCUT2D eigenvalue weighted by Crippen LogP contribution is 2.16. The molecule has 0 bridgehead atoms. The third-order valence-electron chi connectivity index (χ3n) is 1.95. The van der Waals surface area contributed by atoms with E-state index >= 15 is 0 Å². The van der Waals surface area contributed by atoms with E-state index in [0.717, 1.165) is 6.42 Å². The maximum absolute atomic E-state index is 10.3. The minimum Gasteiger partial charge on any atom is -0.358 e. The molecular formula is C8H10N4O2. The topological polar surface area (TPSA) is 84.8 Å². The van der Waals surface area contributed by atoms with Gasteiger partial charge in [0.2, 0.25) is 0 Å². The maximum Gasteiger partial charge on any atom is 0.389 e. The molecule has 0 radical (unpaired) electrons. The summed E-state index contributed by atoms with van der Waals surface area (Å²) in [4.78, 5) is 9.80. The van der Waals surface area contributed by atoms with Gasteiger partial charge in [-0.25, -0.2) is 0 Å². The van der Waals surface area contributed by atoms with Gasteiger partial charge in [0.15, 0.2) is 0 Å². The van der Waals surface area contributed by atoms with Crippen LogP contribution in [0.2, 0.25) is 0 Å². The first-order chi connectivity index (χ1) is 6.69. The minimum absolute atomic E-state index is 0.0753. The molecule has 0 fully saturated rings. The SMILES string of the molecule is CCC(CC#N)n1ccc([N+](=O)[O-])n1. The van der Waals surface area contributed by atoms with Crippen molar-refractivity contribution in [2.24, 2.45) is 0 Å². The number of hydrogen-bond acceptors (Lipinski definition) is 4. The van der Waals surface area contributed by atoms with E-state index in [1.54, 1.807) is 0 Å². The Hall–Kier alpha value is -1.90. The van der Waals surface area contributed by atoms with Crippen LogP contribution < -0.4 is 0 Å². The van der Waals surface area contributed by atoms with Gasteiger partial charge in [-0.05, 0) is 11.3 Å². The lowest BCUT2D eigenvalue weighted by atomic mass is 10.2. The minimum atomic E-state index is -0.546. The molecule has 0 saturated heterocycles. The van der Waals surface area contributed by atoms with Crippen LogP contribution >= 0.6 is 0 Å². The maximum atomic E-state index is 10.3. The number of aromatic nitrogens is 2. The van der Waals surface area contributed by atoms with Crippen LogP contribution in [-0.4, -0.2) is 14.7 Å². The second-order valence-electron chi connectivity index (χ2n) is 2.84. The van der Waals surface area contributed by atoms with E-state index in [-0.39, 0.29) is 11.9 Å². The largest absolute Gasteiger partial charge is 0.389 e. The fourth-order valence-corrected chi connectivity index (χ4v) is 1.16. The quantitative estimate of drug-likeness (QED) is 0.538. The predicted molar refractivity (Wildman–Crippen MR) is 48.4 cm³/mol. The molecule has 6 nitrogen and oxygen atoms in total. The van der Waals surface area contributed by atoms with E-state index in [2.05, 4.69) is 5.10 Å². The zero-order valence-electron chi connectivity index (χ0n) is 7.75. The van der Waals surface area contributed by atoms with E-state index in [9.17, 15) is 10.1 Å². The van der Waals surface area contributed by atoms with Gasteiger partial charge in [-0.3, -0.25) is 0 Å². The van der Waals surface area contributed by atoms with E-state index in [4.69, 9.17) is 5.26 Å². The van der Waals surface area contributed by atoms with Crippen molar-refractivity contribution in [1.82, 2.24) is 9.78 Å². The van der Waals surface area contributed by atoms with Crippen LogP contribution in [0.5, 0.6) is 0 Å². The molecule has 1 atom stereocenters. The van der Waals surface area contributed by atoms with Crippen LogP contribution in [0.25, 0.3) is 0 Å². The fraction of sp³-hybridized carbons (Fsp3) is 0.500. The standard InChI is InChI=1S/C8H10N4O2/c1-2-7(3-5-9)11-6-4-8(10-11)12(13)14/h4,6-7H,2-3H2,1H3. The first kappa shape index (κ1) is 10.2. The summed E-state index contributed by atoms with van der Waals surface area (Å²) in [6, 6.07) is 3.28. The molecule has 0 aliphatic rings. The Kier molecular flexibility index (Phi) is 3.18. The van der Waals surface area contributed by atoms with Gasteiger partial charge in [0.25, 0.3) is 0 Å². The predicted octanol–water partition coefficient (Wildman–Crippen LogP) is 1.66. The second-order valence-corrected chi connectivity index (χ2v) is 2.84. The third-order valence-corrected chi connectivity index (χ3v) is 1.95. The number of nitrogens with zero attached hydrogens (tertiary/aromatic N) is 4. The van der Waals surface area contributed by atoms with E-state index in [0.29, 0.717) is 6.42 Å². The summed E-state index contributed by atoms with van der Waals surface area (Å²) in [6.45, 7) is 1.91. The number of nitro groups is 1. The lowest BCUT2D eigenvalue weighted by Crippen LogP contribution is -2.08. The fourth-order valence-electron chi connectivity index (χ4n) is 1.16. The van der Waals surface area contributed by atoms with E-state index in [1.807, 2.05) is 13.0 Å².